The molecular weight excluding hydrogens is 343 g/mol. The number of hydrogen-bond acceptors (Lipinski definition) is 4. The zero-order valence-corrected chi connectivity index (χ0v) is 14.3. The van der Waals surface area contributed by atoms with E-state index in [1.807, 2.05) is 5.38 Å². The Kier molecular flexibility index (Phi) is 4.12. The normalized spacial score (nSPS) is 19.7. The van der Waals surface area contributed by atoms with Gasteiger partial charge in [0.2, 0.25) is 5.91 Å². The Bertz CT molecular complexity index is 807. The minimum Gasteiger partial charge on any atom is -0.338 e. The van der Waals surface area contributed by atoms with Crippen molar-refractivity contribution < 1.29 is 14.0 Å². The second-order valence-corrected chi connectivity index (χ2v) is 7.13. The van der Waals surface area contributed by atoms with Crippen molar-refractivity contribution in [3.8, 4) is 11.3 Å². The smallest absolute Gasteiger partial charge is 0.317 e. The van der Waals surface area contributed by atoms with Gasteiger partial charge in [-0.15, -0.1) is 11.3 Å². The van der Waals surface area contributed by atoms with Crippen molar-refractivity contribution in [2.75, 3.05) is 26.2 Å². The predicted molar refractivity (Wildman–Crippen MR) is 91.7 cm³/mol. The molecule has 0 saturated carbocycles. The molecule has 0 unspecified atom stereocenters. The van der Waals surface area contributed by atoms with E-state index in [1.165, 1.54) is 23.5 Å². The van der Waals surface area contributed by atoms with Gasteiger partial charge in [-0.3, -0.25) is 4.79 Å². The molecule has 4 rings (SSSR count). The maximum absolute atomic E-state index is 13.0. The molecule has 1 atom stereocenters. The van der Waals surface area contributed by atoms with Crippen LogP contribution in [-0.2, 0) is 11.2 Å². The number of benzene rings is 1. The molecule has 1 aromatic carbocycles. The van der Waals surface area contributed by atoms with Crippen LogP contribution in [0.3, 0.4) is 0 Å². The molecule has 25 heavy (non-hydrogen) atoms. The Labute approximate surface area is 148 Å². The van der Waals surface area contributed by atoms with Crippen LogP contribution >= 0.6 is 11.3 Å². The molecule has 2 aliphatic rings. The van der Waals surface area contributed by atoms with Gasteiger partial charge in [0.15, 0.2) is 0 Å². The molecule has 3 heterocycles. The van der Waals surface area contributed by atoms with Gasteiger partial charge in [-0.1, -0.05) is 0 Å². The first-order valence-electron chi connectivity index (χ1n) is 8.13. The van der Waals surface area contributed by atoms with Gasteiger partial charge in [0, 0.05) is 37.1 Å². The number of amides is 3. The summed E-state index contributed by atoms with van der Waals surface area (Å²) in [6, 6.07) is 6.18. The molecule has 0 aliphatic carbocycles. The Hall–Kier alpha value is -2.48. The summed E-state index contributed by atoms with van der Waals surface area (Å²) in [4.78, 5) is 32.3. The van der Waals surface area contributed by atoms with Crippen LogP contribution in [0.5, 0.6) is 0 Å². The van der Waals surface area contributed by atoms with E-state index in [1.54, 1.807) is 21.9 Å². The lowest BCUT2D eigenvalue weighted by molar-refractivity contribution is -0.132. The van der Waals surface area contributed by atoms with E-state index < -0.39 is 0 Å². The minimum atomic E-state index is -0.284. The summed E-state index contributed by atoms with van der Waals surface area (Å²) in [6.07, 6.45) is 0.250. The summed E-state index contributed by atoms with van der Waals surface area (Å²) in [5.41, 5.74) is 1.59. The van der Waals surface area contributed by atoms with Crippen LogP contribution in [0, 0.1) is 5.82 Å². The van der Waals surface area contributed by atoms with Crippen LogP contribution in [0.1, 0.15) is 5.01 Å². The highest BCUT2D eigenvalue weighted by Crippen LogP contribution is 2.23. The standard InChI is InChI=1S/C17H17FN4O2S/c18-12-3-1-11(2-4-12)14-10-25-15(20-14)7-16(23)21-5-6-22-13(9-21)8-19-17(22)24/h1-4,10,13H,5-9H2,(H,19,24)/t13-/m0/s1. The Morgan fingerprint density at radius 1 is 1.32 bits per heavy atom. The number of rotatable bonds is 3. The number of nitrogens with one attached hydrogen (secondary N) is 1. The Balaban J connectivity index is 1.40. The lowest BCUT2D eigenvalue weighted by Gasteiger charge is -2.36. The molecule has 6 nitrogen and oxygen atoms in total. The van der Waals surface area contributed by atoms with Crippen molar-refractivity contribution >= 4 is 23.3 Å². The van der Waals surface area contributed by atoms with E-state index in [4.69, 9.17) is 0 Å². The number of piperazine rings is 1. The summed E-state index contributed by atoms with van der Waals surface area (Å²) < 4.78 is 13.0. The van der Waals surface area contributed by atoms with Gasteiger partial charge in [0.25, 0.3) is 0 Å². The third-order valence-corrected chi connectivity index (χ3v) is 5.43. The van der Waals surface area contributed by atoms with Crippen molar-refractivity contribution in [2.45, 2.75) is 12.5 Å². The molecular formula is C17H17FN4O2S. The van der Waals surface area contributed by atoms with Crippen molar-refractivity contribution in [3.05, 3.63) is 40.5 Å². The number of nitrogens with zero attached hydrogens (tertiary/aromatic N) is 3. The number of carbonyl (C=O) groups excluding carboxylic acids is 2. The summed E-state index contributed by atoms with van der Waals surface area (Å²) >= 11 is 1.43. The summed E-state index contributed by atoms with van der Waals surface area (Å²) in [6.45, 7) is 2.28. The first kappa shape index (κ1) is 16.0. The molecule has 2 fully saturated rings. The Morgan fingerprint density at radius 2 is 2.12 bits per heavy atom. The lowest BCUT2D eigenvalue weighted by atomic mass is 10.2. The summed E-state index contributed by atoms with van der Waals surface area (Å²) in [7, 11) is 0. The monoisotopic (exact) mass is 360 g/mol. The van der Waals surface area contributed by atoms with Crippen LogP contribution in [0.2, 0.25) is 0 Å². The van der Waals surface area contributed by atoms with Gasteiger partial charge in [-0.2, -0.15) is 0 Å². The fourth-order valence-electron chi connectivity index (χ4n) is 3.22. The van der Waals surface area contributed by atoms with Crippen molar-refractivity contribution in [3.63, 3.8) is 0 Å². The van der Waals surface area contributed by atoms with Crippen LogP contribution < -0.4 is 5.32 Å². The number of carbonyl (C=O) groups is 2. The first-order chi connectivity index (χ1) is 12.1. The van der Waals surface area contributed by atoms with Crippen molar-refractivity contribution in [1.82, 2.24) is 20.1 Å². The summed E-state index contributed by atoms with van der Waals surface area (Å²) in [5.74, 6) is -0.257. The fraction of sp³-hybridized carbons (Fsp3) is 0.353. The van der Waals surface area contributed by atoms with E-state index >= 15 is 0 Å². The van der Waals surface area contributed by atoms with Crippen molar-refractivity contribution in [1.29, 1.82) is 0 Å². The maximum atomic E-state index is 13.0. The molecule has 2 aromatic rings. The third-order valence-electron chi connectivity index (χ3n) is 4.58. The fourth-order valence-corrected chi connectivity index (χ4v) is 4.01. The van der Waals surface area contributed by atoms with Gasteiger partial charge in [0.05, 0.1) is 18.2 Å². The topological polar surface area (TPSA) is 65.5 Å². The van der Waals surface area contributed by atoms with Crippen LogP contribution in [-0.4, -0.2) is 58.9 Å². The van der Waals surface area contributed by atoms with Gasteiger partial charge in [-0.05, 0) is 24.3 Å². The van der Waals surface area contributed by atoms with Gasteiger partial charge >= 0.3 is 6.03 Å². The van der Waals surface area contributed by atoms with Crippen LogP contribution in [0.25, 0.3) is 11.3 Å². The second-order valence-electron chi connectivity index (χ2n) is 6.18. The molecule has 1 N–H and O–H groups in total. The summed E-state index contributed by atoms with van der Waals surface area (Å²) in [5, 5.41) is 5.43. The molecule has 0 radical (unpaired) electrons. The molecule has 2 aliphatic heterocycles. The number of halogens is 1. The average Bonchev–Trinajstić information content (AvgIpc) is 3.22. The van der Waals surface area contributed by atoms with Crippen molar-refractivity contribution in [2.24, 2.45) is 0 Å². The lowest BCUT2D eigenvalue weighted by Crippen LogP contribution is -2.54. The second kappa shape index (κ2) is 6.44. The predicted octanol–water partition coefficient (Wildman–Crippen LogP) is 1.73. The highest BCUT2D eigenvalue weighted by atomic mass is 32.1. The number of fused-ring (bicyclic) bond motifs is 1. The van der Waals surface area contributed by atoms with Crippen LogP contribution in [0.4, 0.5) is 9.18 Å². The number of hydrogen-bond donors (Lipinski definition) is 1. The van der Waals surface area contributed by atoms with E-state index in [0.29, 0.717) is 26.2 Å². The first-order valence-corrected chi connectivity index (χ1v) is 9.01. The molecule has 1 aromatic heterocycles. The molecule has 0 bridgehead atoms. The van der Waals surface area contributed by atoms with E-state index in [2.05, 4.69) is 10.3 Å². The number of thiazole rings is 1. The third kappa shape index (κ3) is 3.21. The maximum Gasteiger partial charge on any atom is 0.317 e. The highest BCUT2D eigenvalue weighted by Gasteiger charge is 2.36. The molecule has 130 valence electrons. The number of urea groups is 1. The van der Waals surface area contributed by atoms with Gasteiger partial charge < -0.3 is 15.1 Å². The Morgan fingerprint density at radius 3 is 2.92 bits per heavy atom. The zero-order chi connectivity index (χ0) is 17.4. The van der Waals surface area contributed by atoms with Gasteiger partial charge in [0.1, 0.15) is 10.8 Å². The van der Waals surface area contributed by atoms with E-state index in [0.717, 1.165) is 16.3 Å². The highest BCUT2D eigenvalue weighted by molar-refractivity contribution is 7.10. The van der Waals surface area contributed by atoms with E-state index in [9.17, 15) is 14.0 Å². The largest absolute Gasteiger partial charge is 0.338 e. The minimum absolute atomic E-state index is 0.0269. The van der Waals surface area contributed by atoms with Gasteiger partial charge in [-0.25, -0.2) is 14.2 Å². The number of aromatic nitrogens is 1. The molecule has 8 heteroatoms. The zero-order valence-electron chi connectivity index (χ0n) is 13.4. The average molecular weight is 360 g/mol. The molecule has 3 amide bonds. The van der Waals surface area contributed by atoms with E-state index in [-0.39, 0.29) is 30.2 Å². The molecule has 0 spiro atoms. The quantitative estimate of drug-likeness (QED) is 0.907. The van der Waals surface area contributed by atoms with Crippen LogP contribution in [0.15, 0.2) is 29.6 Å². The SMILES string of the molecule is O=C(Cc1nc(-c2ccc(F)cc2)cs1)N1CCN2C(=O)NC[C@H]2C1. The molecule has 2 saturated heterocycles.